The third-order valence-electron chi connectivity index (χ3n) is 4.12. The van der Waals surface area contributed by atoms with Crippen molar-refractivity contribution in [2.45, 2.75) is 25.9 Å². The second-order valence-electron chi connectivity index (χ2n) is 6.00. The maximum atomic E-state index is 13.8. The van der Waals surface area contributed by atoms with Gasteiger partial charge in [-0.25, -0.2) is 4.39 Å². The Morgan fingerprint density at radius 1 is 1.28 bits per heavy atom. The summed E-state index contributed by atoms with van der Waals surface area (Å²) in [7, 11) is 1.39. The molecule has 1 aliphatic rings. The van der Waals surface area contributed by atoms with Crippen LogP contribution in [0.1, 0.15) is 28.9 Å². The molecule has 0 radical (unpaired) electrons. The van der Waals surface area contributed by atoms with Crippen molar-refractivity contribution in [1.29, 1.82) is 0 Å². The molecule has 1 atom stereocenters. The Bertz CT molecular complexity index is 752. The van der Waals surface area contributed by atoms with Crippen LogP contribution < -0.4 is 9.47 Å². The van der Waals surface area contributed by atoms with Gasteiger partial charge in [-0.15, -0.1) is 5.10 Å². The summed E-state index contributed by atoms with van der Waals surface area (Å²) >= 11 is 0. The molecule has 1 amide bonds. The first-order valence-electron chi connectivity index (χ1n) is 8.16. The van der Waals surface area contributed by atoms with E-state index in [1.54, 1.807) is 17.0 Å². The molecule has 0 aliphatic carbocycles. The number of hydrogen-bond acceptors (Lipinski definition) is 5. The van der Waals surface area contributed by atoms with E-state index in [1.807, 2.05) is 13.0 Å². The lowest BCUT2D eigenvalue weighted by molar-refractivity contribution is 0.0525. The zero-order chi connectivity index (χ0) is 17.8. The van der Waals surface area contributed by atoms with E-state index in [-0.39, 0.29) is 17.8 Å². The van der Waals surface area contributed by atoms with Crippen LogP contribution in [0.5, 0.6) is 11.6 Å². The van der Waals surface area contributed by atoms with E-state index in [2.05, 4.69) is 10.2 Å². The summed E-state index contributed by atoms with van der Waals surface area (Å²) in [5.41, 5.74) is 1.11. The molecule has 25 heavy (non-hydrogen) atoms. The quantitative estimate of drug-likeness (QED) is 0.852. The molecule has 0 bridgehead atoms. The Hall–Kier alpha value is -2.70. The molecular weight excluding hydrogens is 325 g/mol. The number of aromatic nitrogens is 2. The first-order valence-corrected chi connectivity index (χ1v) is 8.16. The van der Waals surface area contributed by atoms with Crippen LogP contribution in [0.2, 0.25) is 0 Å². The highest BCUT2D eigenvalue weighted by molar-refractivity contribution is 5.94. The van der Waals surface area contributed by atoms with Crippen molar-refractivity contribution in [2.75, 3.05) is 20.2 Å². The average Bonchev–Trinajstić information content (AvgIpc) is 2.63. The number of likely N-dealkylation sites (tertiary alicyclic amines) is 1. The molecule has 7 heteroatoms. The number of benzene rings is 1. The summed E-state index contributed by atoms with van der Waals surface area (Å²) in [4.78, 5) is 14.3. The van der Waals surface area contributed by atoms with Crippen LogP contribution in [0.25, 0.3) is 0 Å². The number of aryl methyl sites for hydroxylation is 1. The molecular formula is C18H20FN3O3. The molecule has 1 aromatic heterocycles. The number of rotatable bonds is 4. The Kier molecular flexibility index (Phi) is 5.11. The molecule has 2 aromatic rings. The van der Waals surface area contributed by atoms with E-state index >= 15 is 0 Å². The summed E-state index contributed by atoms with van der Waals surface area (Å²) in [6.07, 6.45) is 1.49. The molecule has 0 saturated carbocycles. The Morgan fingerprint density at radius 3 is 2.80 bits per heavy atom. The number of hydrogen-bond donors (Lipinski definition) is 0. The molecule has 1 aromatic carbocycles. The van der Waals surface area contributed by atoms with Crippen molar-refractivity contribution in [3.63, 3.8) is 0 Å². The normalized spacial score (nSPS) is 17.2. The smallest absolute Gasteiger partial charge is 0.254 e. The molecule has 0 spiro atoms. The van der Waals surface area contributed by atoms with Crippen LogP contribution in [-0.2, 0) is 0 Å². The van der Waals surface area contributed by atoms with Gasteiger partial charge in [0.25, 0.3) is 5.91 Å². The highest BCUT2D eigenvalue weighted by Gasteiger charge is 2.26. The van der Waals surface area contributed by atoms with Gasteiger partial charge in [0.2, 0.25) is 5.88 Å². The van der Waals surface area contributed by atoms with Gasteiger partial charge in [-0.1, -0.05) is 0 Å². The minimum absolute atomic E-state index is 0.120. The van der Waals surface area contributed by atoms with Gasteiger partial charge in [0, 0.05) is 18.2 Å². The van der Waals surface area contributed by atoms with E-state index in [4.69, 9.17) is 9.47 Å². The first kappa shape index (κ1) is 17.1. The summed E-state index contributed by atoms with van der Waals surface area (Å²) in [5.74, 6) is -0.201. The van der Waals surface area contributed by atoms with Gasteiger partial charge in [0.05, 0.1) is 19.3 Å². The van der Waals surface area contributed by atoms with Crippen LogP contribution in [0.15, 0.2) is 30.3 Å². The molecule has 132 valence electrons. The van der Waals surface area contributed by atoms with Gasteiger partial charge in [-0.2, -0.15) is 5.10 Å². The summed E-state index contributed by atoms with van der Waals surface area (Å²) in [5, 5.41) is 7.96. The summed E-state index contributed by atoms with van der Waals surface area (Å²) in [6, 6.07) is 7.83. The topological polar surface area (TPSA) is 64.5 Å². The molecule has 2 heterocycles. The number of methoxy groups -OCH3 is 1. The lowest BCUT2D eigenvalue weighted by Crippen LogP contribution is -2.44. The zero-order valence-corrected chi connectivity index (χ0v) is 14.2. The van der Waals surface area contributed by atoms with Crippen LogP contribution in [-0.4, -0.2) is 47.3 Å². The van der Waals surface area contributed by atoms with Gasteiger partial charge < -0.3 is 14.4 Å². The van der Waals surface area contributed by atoms with Crippen LogP contribution in [0.4, 0.5) is 4.39 Å². The highest BCUT2D eigenvalue weighted by atomic mass is 19.1. The Labute approximate surface area is 145 Å². The van der Waals surface area contributed by atoms with Crippen LogP contribution in [0.3, 0.4) is 0 Å². The average molecular weight is 345 g/mol. The molecule has 1 saturated heterocycles. The summed E-state index contributed by atoms with van der Waals surface area (Å²) in [6.45, 7) is 2.90. The Morgan fingerprint density at radius 2 is 2.12 bits per heavy atom. The van der Waals surface area contributed by atoms with E-state index < -0.39 is 5.82 Å². The predicted octanol–water partition coefficient (Wildman–Crippen LogP) is 2.62. The minimum atomic E-state index is -0.548. The number of carbonyl (C=O) groups is 1. The third kappa shape index (κ3) is 4.04. The number of nitrogens with zero attached hydrogens (tertiary/aromatic N) is 3. The number of carbonyl (C=O) groups excluding carboxylic acids is 1. The molecule has 3 rings (SSSR count). The van der Waals surface area contributed by atoms with Gasteiger partial charge in [-0.05, 0) is 44.0 Å². The van der Waals surface area contributed by atoms with Crippen molar-refractivity contribution in [3.05, 3.63) is 47.4 Å². The fraction of sp³-hybridized carbons (Fsp3) is 0.389. The standard InChI is InChI=1S/C18H20FN3O3/c1-12-5-8-17(21-20-12)25-14-4-3-9-22(11-14)18(23)13-6-7-16(24-2)15(19)10-13/h5-8,10,14H,3-4,9,11H2,1-2H3/t14-/m1/s1. The number of amides is 1. The van der Waals surface area contributed by atoms with Gasteiger partial charge >= 0.3 is 0 Å². The fourth-order valence-corrected chi connectivity index (χ4v) is 2.82. The monoisotopic (exact) mass is 345 g/mol. The molecule has 1 fully saturated rings. The molecule has 0 N–H and O–H groups in total. The van der Waals surface area contributed by atoms with E-state index in [9.17, 15) is 9.18 Å². The number of piperidine rings is 1. The van der Waals surface area contributed by atoms with Crippen molar-refractivity contribution in [2.24, 2.45) is 0 Å². The SMILES string of the molecule is COc1ccc(C(=O)N2CCC[C@@H](Oc3ccc(C)nn3)C2)cc1F. The second kappa shape index (κ2) is 7.46. The zero-order valence-electron chi connectivity index (χ0n) is 14.2. The van der Waals surface area contributed by atoms with Crippen LogP contribution >= 0.6 is 0 Å². The van der Waals surface area contributed by atoms with Gasteiger partial charge in [-0.3, -0.25) is 4.79 Å². The van der Waals surface area contributed by atoms with Crippen molar-refractivity contribution < 1.29 is 18.7 Å². The van der Waals surface area contributed by atoms with Gasteiger partial charge in [0.15, 0.2) is 11.6 Å². The number of ether oxygens (including phenoxy) is 2. The molecule has 1 aliphatic heterocycles. The Balaban J connectivity index is 1.67. The van der Waals surface area contributed by atoms with E-state index in [0.717, 1.165) is 18.5 Å². The molecule has 0 unspecified atom stereocenters. The lowest BCUT2D eigenvalue weighted by atomic mass is 10.1. The van der Waals surface area contributed by atoms with E-state index in [1.165, 1.54) is 19.2 Å². The summed E-state index contributed by atoms with van der Waals surface area (Å²) < 4.78 is 24.5. The number of halogens is 1. The van der Waals surface area contributed by atoms with Crippen molar-refractivity contribution in [3.8, 4) is 11.6 Å². The fourth-order valence-electron chi connectivity index (χ4n) is 2.82. The molecule has 6 nitrogen and oxygen atoms in total. The first-order chi connectivity index (χ1) is 12.1. The van der Waals surface area contributed by atoms with Crippen LogP contribution in [0, 0.1) is 12.7 Å². The lowest BCUT2D eigenvalue weighted by Gasteiger charge is -2.32. The largest absolute Gasteiger partial charge is 0.494 e. The third-order valence-corrected chi connectivity index (χ3v) is 4.12. The highest BCUT2D eigenvalue weighted by Crippen LogP contribution is 2.21. The minimum Gasteiger partial charge on any atom is -0.494 e. The maximum absolute atomic E-state index is 13.8. The maximum Gasteiger partial charge on any atom is 0.254 e. The predicted molar refractivity (Wildman–Crippen MR) is 89.3 cm³/mol. The second-order valence-corrected chi connectivity index (χ2v) is 6.00. The van der Waals surface area contributed by atoms with E-state index in [0.29, 0.717) is 24.5 Å². The van der Waals surface area contributed by atoms with Crippen molar-refractivity contribution in [1.82, 2.24) is 15.1 Å². The van der Waals surface area contributed by atoms with Crippen molar-refractivity contribution >= 4 is 5.91 Å². The van der Waals surface area contributed by atoms with Gasteiger partial charge in [0.1, 0.15) is 6.10 Å².